The zero-order valence-corrected chi connectivity index (χ0v) is 15.3. The van der Waals surface area contributed by atoms with E-state index in [9.17, 15) is 9.59 Å². The van der Waals surface area contributed by atoms with E-state index in [0.29, 0.717) is 38.5 Å². The minimum atomic E-state index is -0.270. The molecule has 0 bridgehead atoms. The highest BCUT2D eigenvalue weighted by Crippen LogP contribution is 2.12. The highest BCUT2D eigenvalue weighted by atomic mass is 16.4. The number of nitrogens with zero attached hydrogens (tertiary/aromatic N) is 4. The number of aromatic nitrogens is 2. The molecule has 1 aliphatic heterocycles. The Morgan fingerprint density at radius 3 is 2.19 bits per heavy atom. The lowest BCUT2D eigenvalue weighted by atomic mass is 10.1. The molecule has 0 radical (unpaired) electrons. The first-order valence-electron chi connectivity index (χ1n) is 9.01. The van der Waals surface area contributed by atoms with Crippen LogP contribution in [0.15, 0.2) is 28.7 Å². The van der Waals surface area contributed by atoms with Crippen LogP contribution in [0.1, 0.15) is 41.0 Å². The summed E-state index contributed by atoms with van der Waals surface area (Å²) in [4.78, 5) is 28.2. The van der Waals surface area contributed by atoms with Crippen molar-refractivity contribution in [1.82, 2.24) is 20.0 Å². The molecule has 0 N–H and O–H groups in total. The summed E-state index contributed by atoms with van der Waals surface area (Å²) in [5, 5.41) is 7.44. The van der Waals surface area contributed by atoms with Gasteiger partial charge in [0.1, 0.15) is 0 Å². The maximum Gasteiger partial charge on any atom is 0.311 e. The zero-order valence-electron chi connectivity index (χ0n) is 15.3. The van der Waals surface area contributed by atoms with Crippen LogP contribution < -0.4 is 0 Å². The zero-order chi connectivity index (χ0) is 18.5. The number of aryl methyl sites for hydroxylation is 3. The lowest BCUT2D eigenvalue weighted by molar-refractivity contribution is -0.132. The summed E-state index contributed by atoms with van der Waals surface area (Å²) in [5.41, 5.74) is 2.48. The summed E-state index contributed by atoms with van der Waals surface area (Å²) in [5.74, 6) is 0.242. The Morgan fingerprint density at radius 1 is 1.00 bits per heavy atom. The molecule has 1 saturated heterocycles. The van der Waals surface area contributed by atoms with Gasteiger partial charge in [0.25, 0.3) is 0 Å². The number of hydrogen-bond donors (Lipinski definition) is 0. The second-order valence-corrected chi connectivity index (χ2v) is 6.47. The predicted molar refractivity (Wildman–Crippen MR) is 95.7 cm³/mol. The lowest BCUT2D eigenvalue weighted by Gasteiger charge is -2.34. The Kier molecular flexibility index (Phi) is 5.65. The van der Waals surface area contributed by atoms with Crippen molar-refractivity contribution in [3.63, 3.8) is 0 Å². The fraction of sp³-hybridized carbons (Fsp3) is 0.474. The third-order valence-corrected chi connectivity index (χ3v) is 4.69. The number of amides is 2. The number of rotatable bonds is 5. The average Bonchev–Trinajstić information content (AvgIpc) is 3.12. The molecule has 3 rings (SSSR count). The standard InChI is InChI=1S/C19H24N4O3/c1-3-15-4-6-16(7-5-15)8-9-17(24)22-10-12-23(13-11-22)19(25)18-21-20-14(2)26-18/h4-7H,3,8-13H2,1-2H3. The Morgan fingerprint density at radius 2 is 1.62 bits per heavy atom. The minimum Gasteiger partial charge on any atom is -0.417 e. The molecule has 1 aliphatic rings. The van der Waals surface area contributed by atoms with Gasteiger partial charge in [0.2, 0.25) is 11.8 Å². The van der Waals surface area contributed by atoms with Crippen LogP contribution in [0.5, 0.6) is 0 Å². The second-order valence-electron chi connectivity index (χ2n) is 6.47. The molecule has 0 spiro atoms. The number of carbonyl (C=O) groups is 2. The lowest BCUT2D eigenvalue weighted by Crippen LogP contribution is -2.50. The van der Waals surface area contributed by atoms with E-state index in [1.54, 1.807) is 11.8 Å². The Hall–Kier alpha value is -2.70. The van der Waals surface area contributed by atoms with Crippen molar-refractivity contribution >= 4 is 11.8 Å². The van der Waals surface area contributed by atoms with Crippen LogP contribution in [0.25, 0.3) is 0 Å². The first-order chi connectivity index (χ1) is 12.6. The maximum absolute atomic E-state index is 12.4. The van der Waals surface area contributed by atoms with Gasteiger partial charge in [-0.25, -0.2) is 0 Å². The molecular weight excluding hydrogens is 332 g/mol. The van der Waals surface area contributed by atoms with Crippen molar-refractivity contribution in [2.75, 3.05) is 26.2 Å². The van der Waals surface area contributed by atoms with Crippen LogP contribution in [0.2, 0.25) is 0 Å². The molecular formula is C19H24N4O3. The molecule has 1 aromatic heterocycles. The average molecular weight is 356 g/mol. The molecule has 1 fully saturated rings. The SMILES string of the molecule is CCc1ccc(CCC(=O)N2CCN(C(=O)c3nnc(C)o3)CC2)cc1. The summed E-state index contributed by atoms with van der Waals surface area (Å²) in [7, 11) is 0. The molecule has 138 valence electrons. The monoisotopic (exact) mass is 356 g/mol. The Bertz CT molecular complexity index is 761. The molecule has 0 unspecified atom stereocenters. The first kappa shape index (κ1) is 18.1. The molecule has 2 amide bonds. The van der Waals surface area contributed by atoms with Crippen LogP contribution in [-0.2, 0) is 17.6 Å². The van der Waals surface area contributed by atoms with Gasteiger partial charge in [-0.15, -0.1) is 10.2 Å². The van der Waals surface area contributed by atoms with Crippen molar-refractivity contribution in [2.45, 2.75) is 33.1 Å². The first-order valence-corrected chi connectivity index (χ1v) is 9.01. The van der Waals surface area contributed by atoms with Gasteiger partial charge in [0, 0.05) is 39.5 Å². The van der Waals surface area contributed by atoms with Gasteiger partial charge in [-0.2, -0.15) is 0 Å². The molecule has 7 nitrogen and oxygen atoms in total. The van der Waals surface area contributed by atoms with E-state index in [1.807, 2.05) is 4.90 Å². The van der Waals surface area contributed by atoms with Crippen molar-refractivity contribution in [3.05, 3.63) is 47.2 Å². The summed E-state index contributed by atoms with van der Waals surface area (Å²) >= 11 is 0. The van der Waals surface area contributed by atoms with Gasteiger partial charge < -0.3 is 14.2 Å². The van der Waals surface area contributed by atoms with Crippen LogP contribution in [0, 0.1) is 6.92 Å². The molecule has 1 aromatic carbocycles. The van der Waals surface area contributed by atoms with Gasteiger partial charge in [-0.1, -0.05) is 31.2 Å². The highest BCUT2D eigenvalue weighted by Gasteiger charge is 2.27. The van der Waals surface area contributed by atoms with Crippen LogP contribution in [0.4, 0.5) is 0 Å². The quantitative estimate of drug-likeness (QED) is 0.817. The molecule has 0 atom stereocenters. The second kappa shape index (κ2) is 8.12. The topological polar surface area (TPSA) is 79.5 Å². The summed E-state index contributed by atoms with van der Waals surface area (Å²) < 4.78 is 5.18. The minimum absolute atomic E-state index is 0.0119. The van der Waals surface area contributed by atoms with Crippen LogP contribution >= 0.6 is 0 Å². The third-order valence-electron chi connectivity index (χ3n) is 4.69. The van der Waals surface area contributed by atoms with E-state index in [0.717, 1.165) is 12.8 Å². The van der Waals surface area contributed by atoms with Gasteiger partial charge in [0.05, 0.1) is 0 Å². The van der Waals surface area contributed by atoms with Gasteiger partial charge >= 0.3 is 11.8 Å². The fourth-order valence-corrected chi connectivity index (χ4v) is 3.03. The number of carbonyl (C=O) groups excluding carboxylic acids is 2. The Labute approximate surface area is 153 Å². The summed E-state index contributed by atoms with van der Waals surface area (Å²) in [6.45, 7) is 5.81. The molecule has 0 aliphatic carbocycles. The summed E-state index contributed by atoms with van der Waals surface area (Å²) in [6.07, 6.45) is 2.25. The van der Waals surface area contributed by atoms with Gasteiger partial charge in [-0.3, -0.25) is 9.59 Å². The van der Waals surface area contributed by atoms with E-state index in [2.05, 4.69) is 41.4 Å². The van der Waals surface area contributed by atoms with E-state index in [1.165, 1.54) is 11.1 Å². The molecule has 26 heavy (non-hydrogen) atoms. The van der Waals surface area contributed by atoms with Gasteiger partial charge in [-0.05, 0) is 24.0 Å². The normalized spacial score (nSPS) is 14.5. The van der Waals surface area contributed by atoms with E-state index in [4.69, 9.17) is 4.42 Å². The van der Waals surface area contributed by atoms with Gasteiger partial charge in [0.15, 0.2) is 0 Å². The fourth-order valence-electron chi connectivity index (χ4n) is 3.03. The molecule has 2 aromatic rings. The van der Waals surface area contributed by atoms with Crippen LogP contribution in [-0.4, -0.2) is 58.0 Å². The van der Waals surface area contributed by atoms with Crippen molar-refractivity contribution in [1.29, 1.82) is 0 Å². The number of piperazine rings is 1. The van der Waals surface area contributed by atoms with E-state index >= 15 is 0 Å². The van der Waals surface area contributed by atoms with Crippen LogP contribution in [0.3, 0.4) is 0 Å². The largest absolute Gasteiger partial charge is 0.417 e. The predicted octanol–water partition coefficient (Wildman–Crippen LogP) is 1.86. The summed E-state index contributed by atoms with van der Waals surface area (Å²) in [6, 6.07) is 8.41. The highest BCUT2D eigenvalue weighted by molar-refractivity contribution is 5.89. The molecule has 7 heteroatoms. The molecule has 2 heterocycles. The molecule has 0 saturated carbocycles. The van der Waals surface area contributed by atoms with E-state index in [-0.39, 0.29) is 17.7 Å². The van der Waals surface area contributed by atoms with Crippen molar-refractivity contribution < 1.29 is 14.0 Å². The van der Waals surface area contributed by atoms with Crippen molar-refractivity contribution in [3.8, 4) is 0 Å². The Balaban J connectivity index is 1.46. The number of hydrogen-bond acceptors (Lipinski definition) is 5. The smallest absolute Gasteiger partial charge is 0.311 e. The number of benzene rings is 1. The maximum atomic E-state index is 12.4. The van der Waals surface area contributed by atoms with Crippen molar-refractivity contribution in [2.24, 2.45) is 0 Å². The van der Waals surface area contributed by atoms with E-state index < -0.39 is 0 Å². The third kappa shape index (κ3) is 4.28.